The Kier molecular flexibility index (Phi) is 13.3. The summed E-state index contributed by atoms with van der Waals surface area (Å²) in [7, 11) is 0. The van der Waals surface area contributed by atoms with Gasteiger partial charge < -0.3 is 28.4 Å². The summed E-state index contributed by atoms with van der Waals surface area (Å²) in [6, 6.07) is 0. The minimum absolute atomic E-state index is 0.0666. The van der Waals surface area contributed by atoms with E-state index in [1.807, 2.05) is 0 Å². The van der Waals surface area contributed by atoms with Gasteiger partial charge in [0.2, 0.25) is 0 Å². The Labute approximate surface area is 270 Å². The van der Waals surface area contributed by atoms with Crippen molar-refractivity contribution in [1.82, 2.24) is 0 Å². The maximum atomic E-state index is 6.62. The summed E-state index contributed by atoms with van der Waals surface area (Å²) in [6.07, 6.45) is 17.1. The Hall–Kier alpha value is -0.240. The van der Waals surface area contributed by atoms with Crippen LogP contribution in [0.25, 0.3) is 0 Å². The summed E-state index contributed by atoms with van der Waals surface area (Å²) < 4.78 is 35.5. The average Bonchev–Trinajstić information content (AvgIpc) is 3.35. The molecule has 4 aliphatic carbocycles. The van der Waals surface area contributed by atoms with Crippen LogP contribution in [0.15, 0.2) is 0 Å². The zero-order valence-electron chi connectivity index (χ0n) is 29.2. The number of rotatable bonds is 8. The molecule has 5 rings (SSSR count). The van der Waals surface area contributed by atoms with E-state index in [0.717, 1.165) is 41.4 Å². The monoisotopic (exact) mass is 621 g/mol. The molecule has 6 nitrogen and oxygen atoms in total. The van der Waals surface area contributed by atoms with Crippen molar-refractivity contribution < 1.29 is 28.4 Å². The molecule has 0 aromatic carbocycles. The van der Waals surface area contributed by atoms with Gasteiger partial charge in [-0.3, -0.25) is 0 Å². The van der Waals surface area contributed by atoms with E-state index in [-0.39, 0.29) is 6.10 Å². The van der Waals surface area contributed by atoms with E-state index in [2.05, 4.69) is 34.6 Å². The first-order valence-electron chi connectivity index (χ1n) is 18.9. The molecular formula is C38H68O6. The number of hydrogen-bond donors (Lipinski definition) is 0. The molecule has 6 unspecified atom stereocenters. The Morgan fingerprint density at radius 1 is 0.682 bits per heavy atom. The van der Waals surface area contributed by atoms with Crippen LogP contribution in [0.5, 0.6) is 0 Å². The van der Waals surface area contributed by atoms with E-state index in [1.54, 1.807) is 0 Å². The second kappa shape index (κ2) is 16.7. The molecule has 0 aromatic heterocycles. The van der Waals surface area contributed by atoms with Crippen LogP contribution in [0.1, 0.15) is 112 Å². The van der Waals surface area contributed by atoms with Gasteiger partial charge in [0, 0.05) is 0 Å². The quantitative estimate of drug-likeness (QED) is 0.274. The summed E-state index contributed by atoms with van der Waals surface area (Å²) in [5.74, 6) is 6.32. The SMILES string of the molecule is CC(C)CCC[C@@H](C)[C@H]1CCC2C3CCC4CC(OCC5COCCOCCOCCOCCO5)CC[C@]4(C)C3CC[C@@]21C. The topological polar surface area (TPSA) is 55.4 Å². The molecule has 1 saturated heterocycles. The van der Waals surface area contributed by atoms with Crippen molar-refractivity contribution in [3.05, 3.63) is 0 Å². The Morgan fingerprint density at radius 2 is 1.34 bits per heavy atom. The van der Waals surface area contributed by atoms with Gasteiger partial charge in [-0.15, -0.1) is 0 Å². The van der Waals surface area contributed by atoms with Gasteiger partial charge in [-0.2, -0.15) is 0 Å². The van der Waals surface area contributed by atoms with E-state index < -0.39 is 0 Å². The van der Waals surface area contributed by atoms with Crippen molar-refractivity contribution >= 4 is 0 Å². The summed E-state index contributed by atoms with van der Waals surface area (Å²) in [5.41, 5.74) is 1.08. The van der Waals surface area contributed by atoms with Crippen molar-refractivity contribution in [3.63, 3.8) is 0 Å². The molecule has 0 spiro atoms. The zero-order chi connectivity index (χ0) is 31.0. The van der Waals surface area contributed by atoms with Crippen LogP contribution in [0, 0.1) is 52.3 Å². The van der Waals surface area contributed by atoms with Gasteiger partial charge in [0.1, 0.15) is 6.10 Å². The first-order valence-corrected chi connectivity index (χ1v) is 18.9. The third-order valence-electron chi connectivity index (χ3n) is 13.3. The highest BCUT2D eigenvalue weighted by molar-refractivity contribution is 5.09. The van der Waals surface area contributed by atoms with Gasteiger partial charge in [-0.05, 0) is 110 Å². The molecule has 6 heteroatoms. The molecule has 256 valence electrons. The van der Waals surface area contributed by atoms with Crippen LogP contribution in [-0.2, 0) is 28.4 Å². The molecule has 5 aliphatic rings. The predicted octanol–water partition coefficient (Wildman–Crippen LogP) is 7.96. The van der Waals surface area contributed by atoms with Gasteiger partial charge in [-0.25, -0.2) is 0 Å². The Morgan fingerprint density at radius 3 is 2.07 bits per heavy atom. The first-order chi connectivity index (χ1) is 21.3. The third-order valence-corrected chi connectivity index (χ3v) is 13.3. The molecule has 0 bridgehead atoms. The third kappa shape index (κ3) is 8.61. The van der Waals surface area contributed by atoms with Gasteiger partial charge >= 0.3 is 0 Å². The molecule has 0 N–H and O–H groups in total. The van der Waals surface area contributed by atoms with Crippen LogP contribution in [0.2, 0.25) is 0 Å². The van der Waals surface area contributed by atoms with Crippen LogP contribution >= 0.6 is 0 Å². The molecule has 5 fully saturated rings. The largest absolute Gasteiger partial charge is 0.377 e. The Bertz CT molecular complexity index is 820. The second-order valence-corrected chi connectivity index (χ2v) is 16.3. The maximum absolute atomic E-state index is 6.62. The van der Waals surface area contributed by atoms with Crippen molar-refractivity contribution in [2.75, 3.05) is 66.1 Å². The standard InChI is InChI=1S/C38H68O6/c1-28(2)7-6-8-29(3)34-11-12-35-33-10-9-30-25-31(13-15-37(30,4)36(33)14-16-38(34,35)5)44-27-32-26-42-22-21-40-18-17-39-19-20-41-23-24-43-32/h28-36H,6-27H2,1-5H3/t29-,30?,31?,32?,33?,34-,35?,36?,37+,38-/m1/s1. The van der Waals surface area contributed by atoms with E-state index in [4.69, 9.17) is 28.4 Å². The molecule has 0 radical (unpaired) electrons. The fraction of sp³-hybridized carbons (Fsp3) is 1.00. The highest BCUT2D eigenvalue weighted by Gasteiger charge is 2.60. The molecule has 0 aromatic rings. The molecule has 1 aliphatic heterocycles. The number of hydrogen-bond acceptors (Lipinski definition) is 6. The highest BCUT2D eigenvalue weighted by atomic mass is 16.6. The molecule has 4 saturated carbocycles. The number of fused-ring (bicyclic) bond motifs is 5. The van der Waals surface area contributed by atoms with Crippen LogP contribution in [0.3, 0.4) is 0 Å². The van der Waals surface area contributed by atoms with E-state index in [1.165, 1.54) is 77.0 Å². The summed E-state index contributed by atoms with van der Waals surface area (Å²) in [6.45, 7) is 18.6. The van der Waals surface area contributed by atoms with Crippen molar-refractivity contribution in [1.29, 1.82) is 0 Å². The average molecular weight is 621 g/mol. The van der Waals surface area contributed by atoms with Crippen molar-refractivity contribution in [3.8, 4) is 0 Å². The lowest BCUT2D eigenvalue weighted by Crippen LogP contribution is -2.54. The summed E-state index contributed by atoms with van der Waals surface area (Å²) in [5, 5.41) is 0. The summed E-state index contributed by atoms with van der Waals surface area (Å²) in [4.78, 5) is 0. The minimum Gasteiger partial charge on any atom is -0.377 e. The van der Waals surface area contributed by atoms with Crippen molar-refractivity contribution in [2.45, 2.75) is 124 Å². The van der Waals surface area contributed by atoms with Gasteiger partial charge in [-0.1, -0.05) is 53.9 Å². The second-order valence-electron chi connectivity index (χ2n) is 16.3. The number of ether oxygens (including phenoxy) is 6. The van der Waals surface area contributed by atoms with Gasteiger partial charge in [0.05, 0.1) is 72.2 Å². The molecular weight excluding hydrogens is 552 g/mol. The Balaban J connectivity index is 1.11. The molecule has 10 atom stereocenters. The fourth-order valence-corrected chi connectivity index (χ4v) is 10.9. The van der Waals surface area contributed by atoms with Crippen LogP contribution in [0.4, 0.5) is 0 Å². The first kappa shape index (κ1) is 35.1. The maximum Gasteiger partial charge on any atom is 0.104 e. The van der Waals surface area contributed by atoms with Gasteiger partial charge in [0.25, 0.3) is 0 Å². The highest BCUT2D eigenvalue weighted by Crippen LogP contribution is 2.68. The lowest BCUT2D eigenvalue weighted by Gasteiger charge is -2.61. The van der Waals surface area contributed by atoms with Gasteiger partial charge in [0.15, 0.2) is 0 Å². The van der Waals surface area contributed by atoms with E-state index >= 15 is 0 Å². The predicted molar refractivity (Wildman–Crippen MR) is 176 cm³/mol. The fourth-order valence-electron chi connectivity index (χ4n) is 10.9. The summed E-state index contributed by atoms with van der Waals surface area (Å²) >= 11 is 0. The lowest BCUT2D eigenvalue weighted by molar-refractivity contribution is -0.147. The lowest BCUT2D eigenvalue weighted by atomic mass is 9.44. The van der Waals surface area contributed by atoms with Crippen molar-refractivity contribution in [2.24, 2.45) is 52.3 Å². The normalized spacial score (nSPS) is 42.0. The molecule has 0 amide bonds. The zero-order valence-corrected chi connectivity index (χ0v) is 29.2. The van der Waals surface area contributed by atoms with Crippen LogP contribution in [-0.4, -0.2) is 78.3 Å². The van der Waals surface area contributed by atoms with E-state index in [9.17, 15) is 0 Å². The molecule has 44 heavy (non-hydrogen) atoms. The molecule has 1 heterocycles. The smallest absolute Gasteiger partial charge is 0.104 e. The van der Waals surface area contributed by atoms with Crippen LogP contribution < -0.4 is 0 Å². The minimum atomic E-state index is -0.0666. The van der Waals surface area contributed by atoms with E-state index in [0.29, 0.717) is 83.0 Å².